The molecule has 1 aromatic carbocycles. The topological polar surface area (TPSA) is 81.5 Å². The van der Waals surface area contributed by atoms with Crippen LogP contribution >= 0.6 is 0 Å². The van der Waals surface area contributed by atoms with Crippen molar-refractivity contribution in [1.82, 2.24) is 25.0 Å². The first-order valence-electron chi connectivity index (χ1n) is 8.82. The van der Waals surface area contributed by atoms with Crippen LogP contribution in [0.2, 0.25) is 0 Å². The number of methoxy groups -OCH3 is 1. The summed E-state index contributed by atoms with van der Waals surface area (Å²) in [5.41, 5.74) is 1.01. The van der Waals surface area contributed by atoms with Crippen LogP contribution in [-0.2, 0) is 17.8 Å². The number of nitrogens with one attached hydrogen (secondary N) is 1. The van der Waals surface area contributed by atoms with Crippen molar-refractivity contribution in [1.29, 1.82) is 0 Å². The minimum atomic E-state index is -0.244. The molecule has 0 spiro atoms. The van der Waals surface area contributed by atoms with Crippen molar-refractivity contribution in [2.45, 2.75) is 32.5 Å². The lowest BCUT2D eigenvalue weighted by Gasteiger charge is -2.23. The molecule has 140 valence electrons. The molecule has 8 nitrogen and oxygen atoms in total. The zero-order chi connectivity index (χ0) is 18.4. The number of urea groups is 1. The van der Waals surface area contributed by atoms with E-state index in [4.69, 9.17) is 9.47 Å². The highest BCUT2D eigenvalue weighted by molar-refractivity contribution is 5.74. The van der Waals surface area contributed by atoms with Crippen molar-refractivity contribution in [3.8, 4) is 5.75 Å². The van der Waals surface area contributed by atoms with Gasteiger partial charge in [-0.3, -0.25) is 0 Å². The van der Waals surface area contributed by atoms with E-state index in [-0.39, 0.29) is 12.1 Å². The van der Waals surface area contributed by atoms with Crippen molar-refractivity contribution in [3.05, 3.63) is 42.0 Å². The highest BCUT2D eigenvalue weighted by Crippen LogP contribution is 2.22. The van der Waals surface area contributed by atoms with Gasteiger partial charge >= 0.3 is 6.03 Å². The summed E-state index contributed by atoms with van der Waals surface area (Å²) in [7, 11) is 1.68. The second-order valence-electron chi connectivity index (χ2n) is 6.28. The molecular formula is C18H25N5O3. The number of para-hydroxylation sites is 1. The van der Waals surface area contributed by atoms with Crippen LogP contribution in [0.3, 0.4) is 0 Å². The zero-order valence-electron chi connectivity index (χ0n) is 15.2. The van der Waals surface area contributed by atoms with Crippen LogP contribution in [0.25, 0.3) is 0 Å². The lowest BCUT2D eigenvalue weighted by molar-refractivity contribution is 0.183. The molecule has 0 fully saturated rings. The number of carbonyl (C=O) groups excluding carboxylic acids is 1. The van der Waals surface area contributed by atoms with Crippen molar-refractivity contribution in [3.63, 3.8) is 0 Å². The number of ether oxygens (including phenoxy) is 2. The Morgan fingerprint density at radius 3 is 3.12 bits per heavy atom. The summed E-state index contributed by atoms with van der Waals surface area (Å²) in [6.45, 7) is 4.87. The maximum Gasteiger partial charge on any atom is 0.318 e. The molecule has 1 N–H and O–H groups in total. The van der Waals surface area contributed by atoms with Gasteiger partial charge in [-0.25, -0.2) is 4.79 Å². The highest BCUT2D eigenvalue weighted by Gasteiger charge is 2.22. The first-order chi connectivity index (χ1) is 12.7. The Morgan fingerprint density at radius 1 is 1.42 bits per heavy atom. The van der Waals surface area contributed by atoms with E-state index in [9.17, 15) is 4.79 Å². The maximum atomic E-state index is 12.7. The lowest BCUT2D eigenvalue weighted by Crippen LogP contribution is -2.42. The molecule has 2 heterocycles. The SMILES string of the molecule is COCCCn1cnnc1C(C)NC(=O)N1CCOc2ccccc2C1. The van der Waals surface area contributed by atoms with Crippen LogP contribution in [0.5, 0.6) is 5.75 Å². The summed E-state index contributed by atoms with van der Waals surface area (Å²) in [5.74, 6) is 1.58. The van der Waals surface area contributed by atoms with Gasteiger partial charge in [0.05, 0.1) is 19.1 Å². The first kappa shape index (κ1) is 18.2. The standard InChI is InChI=1S/C18H25N5O3/c1-14(17-21-19-13-23(17)8-5-10-25-2)20-18(24)22-9-11-26-16-7-4-3-6-15(16)12-22/h3-4,6-7,13-14H,5,8-12H2,1-2H3,(H,20,24). The van der Waals surface area contributed by atoms with Crippen LogP contribution < -0.4 is 10.1 Å². The Morgan fingerprint density at radius 2 is 2.27 bits per heavy atom. The molecule has 2 aromatic rings. The molecule has 2 amide bonds. The van der Waals surface area contributed by atoms with Gasteiger partial charge in [0.2, 0.25) is 0 Å². The number of aryl methyl sites for hydroxylation is 1. The second-order valence-corrected chi connectivity index (χ2v) is 6.28. The fraction of sp³-hybridized carbons (Fsp3) is 0.500. The maximum absolute atomic E-state index is 12.7. The molecule has 0 saturated carbocycles. The van der Waals surface area contributed by atoms with Gasteiger partial charge < -0.3 is 24.3 Å². The number of benzene rings is 1. The summed E-state index contributed by atoms with van der Waals surface area (Å²) in [6, 6.07) is 7.43. The summed E-state index contributed by atoms with van der Waals surface area (Å²) in [5, 5.41) is 11.2. The lowest BCUT2D eigenvalue weighted by atomic mass is 10.2. The van der Waals surface area contributed by atoms with E-state index in [1.807, 2.05) is 35.8 Å². The highest BCUT2D eigenvalue weighted by atomic mass is 16.5. The molecular weight excluding hydrogens is 334 g/mol. The third kappa shape index (κ3) is 4.32. The van der Waals surface area contributed by atoms with Gasteiger partial charge in [0.1, 0.15) is 18.7 Å². The molecule has 26 heavy (non-hydrogen) atoms. The Bertz CT molecular complexity index is 733. The molecule has 0 aliphatic carbocycles. The Hall–Kier alpha value is -2.61. The third-order valence-corrected chi connectivity index (χ3v) is 4.36. The second kappa shape index (κ2) is 8.66. The molecule has 3 rings (SSSR count). The summed E-state index contributed by atoms with van der Waals surface area (Å²) in [6.07, 6.45) is 2.55. The van der Waals surface area contributed by atoms with Crippen molar-refractivity contribution in [2.24, 2.45) is 0 Å². The molecule has 1 aliphatic rings. The van der Waals surface area contributed by atoms with E-state index >= 15 is 0 Å². The van der Waals surface area contributed by atoms with Crippen LogP contribution in [-0.4, -0.2) is 52.6 Å². The zero-order valence-corrected chi connectivity index (χ0v) is 15.2. The summed E-state index contributed by atoms with van der Waals surface area (Å²) < 4.78 is 12.8. The number of hydrogen-bond donors (Lipinski definition) is 1. The third-order valence-electron chi connectivity index (χ3n) is 4.36. The average molecular weight is 359 g/mol. The smallest absolute Gasteiger partial charge is 0.318 e. The minimum absolute atomic E-state index is 0.135. The number of aromatic nitrogens is 3. The van der Waals surface area contributed by atoms with Gasteiger partial charge in [-0.1, -0.05) is 18.2 Å². The van der Waals surface area contributed by atoms with Crippen LogP contribution in [0.15, 0.2) is 30.6 Å². The monoisotopic (exact) mass is 359 g/mol. The number of hydrogen-bond acceptors (Lipinski definition) is 5. The van der Waals surface area contributed by atoms with Gasteiger partial charge in [0, 0.05) is 25.8 Å². The number of rotatable bonds is 6. The normalized spacial score (nSPS) is 14.9. The molecule has 1 unspecified atom stereocenters. The van der Waals surface area contributed by atoms with Crippen molar-refractivity contribution >= 4 is 6.03 Å². The Labute approximate surface area is 153 Å². The Balaban J connectivity index is 1.62. The summed E-state index contributed by atoms with van der Waals surface area (Å²) in [4.78, 5) is 14.5. The van der Waals surface area contributed by atoms with E-state index < -0.39 is 0 Å². The van der Waals surface area contributed by atoms with E-state index in [2.05, 4.69) is 15.5 Å². The van der Waals surface area contributed by atoms with Crippen LogP contribution in [0.4, 0.5) is 4.79 Å². The first-order valence-corrected chi connectivity index (χ1v) is 8.82. The Kier molecular flexibility index (Phi) is 6.06. The van der Waals surface area contributed by atoms with Gasteiger partial charge in [0.15, 0.2) is 5.82 Å². The predicted octanol–water partition coefficient (Wildman–Crippen LogP) is 1.98. The fourth-order valence-corrected chi connectivity index (χ4v) is 2.99. The van der Waals surface area contributed by atoms with Crippen molar-refractivity contribution in [2.75, 3.05) is 26.9 Å². The van der Waals surface area contributed by atoms with E-state index in [0.29, 0.717) is 26.3 Å². The number of carbonyl (C=O) groups is 1. The number of nitrogens with zero attached hydrogens (tertiary/aromatic N) is 4. The van der Waals surface area contributed by atoms with Gasteiger partial charge in [-0.2, -0.15) is 0 Å². The number of fused-ring (bicyclic) bond motifs is 1. The van der Waals surface area contributed by atoms with Gasteiger partial charge in [-0.05, 0) is 19.4 Å². The van der Waals surface area contributed by atoms with Crippen molar-refractivity contribution < 1.29 is 14.3 Å². The minimum Gasteiger partial charge on any atom is -0.491 e. The largest absolute Gasteiger partial charge is 0.491 e. The van der Waals surface area contributed by atoms with Crippen LogP contribution in [0, 0.1) is 0 Å². The van der Waals surface area contributed by atoms with Gasteiger partial charge in [0.25, 0.3) is 0 Å². The van der Waals surface area contributed by atoms with E-state index in [1.165, 1.54) is 0 Å². The van der Waals surface area contributed by atoms with E-state index in [1.54, 1.807) is 18.3 Å². The number of amides is 2. The molecule has 1 atom stereocenters. The van der Waals surface area contributed by atoms with E-state index in [0.717, 1.165) is 30.1 Å². The van der Waals surface area contributed by atoms with Crippen LogP contribution in [0.1, 0.15) is 30.8 Å². The quantitative estimate of drug-likeness (QED) is 0.798. The summed E-state index contributed by atoms with van der Waals surface area (Å²) >= 11 is 0. The fourth-order valence-electron chi connectivity index (χ4n) is 2.99. The molecule has 1 aliphatic heterocycles. The molecule has 0 radical (unpaired) electrons. The molecule has 8 heteroatoms. The molecule has 1 aromatic heterocycles. The molecule has 0 saturated heterocycles. The predicted molar refractivity (Wildman–Crippen MR) is 95.8 cm³/mol. The molecule has 0 bridgehead atoms. The average Bonchev–Trinajstić information content (AvgIpc) is 3.00. The van der Waals surface area contributed by atoms with Gasteiger partial charge in [-0.15, -0.1) is 10.2 Å².